The molecular weight excluding hydrogens is 276 g/mol. The fourth-order valence-corrected chi connectivity index (χ4v) is 2.67. The van der Waals surface area contributed by atoms with E-state index in [4.69, 9.17) is 0 Å². The van der Waals surface area contributed by atoms with Crippen LogP contribution in [0.5, 0.6) is 0 Å². The summed E-state index contributed by atoms with van der Waals surface area (Å²) in [6, 6.07) is 7.84. The number of nitrogens with one attached hydrogen (secondary N) is 1. The molecule has 0 atom stereocenters. The van der Waals surface area contributed by atoms with E-state index in [1.807, 2.05) is 37.5 Å². The van der Waals surface area contributed by atoms with Crippen LogP contribution in [-0.2, 0) is 12.5 Å². The molecule has 0 saturated heterocycles. The standard InChI is InChI=1S/C17H22N4O/c1-12(2)13-10-14(21(3)20-13)16(22)19-11-17(7-8-17)15-6-4-5-9-18-15/h4-6,9-10,12H,7-8,11H2,1-3H3,(H,19,22). The van der Waals surface area contributed by atoms with E-state index in [9.17, 15) is 4.79 Å². The van der Waals surface area contributed by atoms with E-state index >= 15 is 0 Å². The number of aromatic nitrogens is 3. The number of pyridine rings is 1. The van der Waals surface area contributed by atoms with Gasteiger partial charge in [0, 0.05) is 30.9 Å². The van der Waals surface area contributed by atoms with Gasteiger partial charge in [0.2, 0.25) is 0 Å². The molecule has 0 unspecified atom stereocenters. The van der Waals surface area contributed by atoms with E-state index in [-0.39, 0.29) is 11.3 Å². The Morgan fingerprint density at radius 1 is 1.41 bits per heavy atom. The van der Waals surface area contributed by atoms with Crippen LogP contribution in [0.1, 0.15) is 54.5 Å². The largest absolute Gasteiger partial charge is 0.350 e. The molecule has 0 spiro atoms. The van der Waals surface area contributed by atoms with Gasteiger partial charge in [0.15, 0.2) is 0 Å². The smallest absolute Gasteiger partial charge is 0.269 e. The minimum Gasteiger partial charge on any atom is -0.350 e. The van der Waals surface area contributed by atoms with Gasteiger partial charge in [-0.1, -0.05) is 19.9 Å². The predicted octanol–water partition coefficient (Wildman–Crippen LogP) is 2.40. The van der Waals surface area contributed by atoms with Gasteiger partial charge >= 0.3 is 0 Å². The second-order valence-corrected chi connectivity index (χ2v) is 6.41. The zero-order valence-electron chi connectivity index (χ0n) is 13.3. The lowest BCUT2D eigenvalue weighted by atomic mass is 10.0. The summed E-state index contributed by atoms with van der Waals surface area (Å²) in [5, 5.41) is 7.45. The van der Waals surface area contributed by atoms with Crippen LogP contribution >= 0.6 is 0 Å². The fraction of sp³-hybridized carbons (Fsp3) is 0.471. The quantitative estimate of drug-likeness (QED) is 0.922. The number of aryl methyl sites for hydroxylation is 1. The minimum atomic E-state index is -0.0656. The van der Waals surface area contributed by atoms with Crippen LogP contribution in [0.15, 0.2) is 30.5 Å². The molecule has 1 amide bonds. The lowest BCUT2D eigenvalue weighted by Gasteiger charge is -2.15. The van der Waals surface area contributed by atoms with Crippen molar-refractivity contribution in [3.05, 3.63) is 47.5 Å². The number of hydrogen-bond donors (Lipinski definition) is 1. The molecule has 5 nitrogen and oxygen atoms in total. The van der Waals surface area contributed by atoms with E-state index in [0.29, 0.717) is 18.2 Å². The topological polar surface area (TPSA) is 59.8 Å². The number of amides is 1. The van der Waals surface area contributed by atoms with Crippen molar-refractivity contribution in [1.29, 1.82) is 0 Å². The predicted molar refractivity (Wildman–Crippen MR) is 84.8 cm³/mol. The van der Waals surface area contributed by atoms with Crippen molar-refractivity contribution in [2.45, 2.75) is 38.0 Å². The molecule has 1 N–H and O–H groups in total. The third kappa shape index (κ3) is 2.75. The number of hydrogen-bond acceptors (Lipinski definition) is 3. The lowest BCUT2D eigenvalue weighted by molar-refractivity contribution is 0.0940. The van der Waals surface area contributed by atoms with Gasteiger partial charge < -0.3 is 5.32 Å². The Morgan fingerprint density at radius 3 is 2.73 bits per heavy atom. The summed E-state index contributed by atoms with van der Waals surface area (Å²) in [5.74, 6) is 0.250. The molecule has 2 aromatic heterocycles. The zero-order chi connectivity index (χ0) is 15.7. The molecule has 1 aliphatic rings. The first kappa shape index (κ1) is 14.8. The van der Waals surface area contributed by atoms with E-state index in [1.165, 1.54) is 0 Å². The van der Waals surface area contributed by atoms with Crippen LogP contribution in [0, 0.1) is 0 Å². The first-order chi connectivity index (χ1) is 10.5. The van der Waals surface area contributed by atoms with Crippen LogP contribution in [0.25, 0.3) is 0 Å². The van der Waals surface area contributed by atoms with Crippen molar-refractivity contribution in [1.82, 2.24) is 20.1 Å². The van der Waals surface area contributed by atoms with Gasteiger partial charge in [-0.2, -0.15) is 5.10 Å². The molecule has 5 heteroatoms. The van der Waals surface area contributed by atoms with Crippen molar-refractivity contribution >= 4 is 5.91 Å². The van der Waals surface area contributed by atoms with Gasteiger partial charge in [-0.3, -0.25) is 14.5 Å². The summed E-state index contributed by atoms with van der Waals surface area (Å²) in [6.45, 7) is 4.78. The maximum atomic E-state index is 12.4. The van der Waals surface area contributed by atoms with Gasteiger partial charge in [-0.15, -0.1) is 0 Å². The average molecular weight is 298 g/mol. The Bertz CT molecular complexity index is 671. The highest BCUT2D eigenvalue weighted by molar-refractivity contribution is 5.92. The Morgan fingerprint density at radius 2 is 2.18 bits per heavy atom. The third-order valence-electron chi connectivity index (χ3n) is 4.37. The SMILES string of the molecule is CC(C)c1cc(C(=O)NCC2(c3ccccn3)CC2)n(C)n1. The summed E-state index contributed by atoms with van der Waals surface area (Å²) in [4.78, 5) is 16.9. The molecule has 1 fully saturated rings. The molecule has 22 heavy (non-hydrogen) atoms. The summed E-state index contributed by atoms with van der Waals surface area (Å²) in [5.41, 5.74) is 2.65. The summed E-state index contributed by atoms with van der Waals surface area (Å²) in [7, 11) is 1.81. The molecule has 0 aromatic carbocycles. The van der Waals surface area contributed by atoms with Crippen LogP contribution < -0.4 is 5.32 Å². The molecule has 1 saturated carbocycles. The second kappa shape index (κ2) is 5.55. The highest BCUT2D eigenvalue weighted by Crippen LogP contribution is 2.46. The van der Waals surface area contributed by atoms with Crippen LogP contribution in [0.3, 0.4) is 0 Å². The maximum Gasteiger partial charge on any atom is 0.269 e. The Balaban J connectivity index is 1.68. The molecule has 0 bridgehead atoms. The summed E-state index contributed by atoms with van der Waals surface area (Å²) < 4.78 is 1.66. The molecule has 2 heterocycles. The number of nitrogens with zero attached hydrogens (tertiary/aromatic N) is 3. The molecule has 1 aliphatic carbocycles. The molecule has 3 rings (SSSR count). The van der Waals surface area contributed by atoms with E-state index < -0.39 is 0 Å². The van der Waals surface area contributed by atoms with Gasteiger partial charge in [0.05, 0.1) is 5.69 Å². The molecule has 116 valence electrons. The first-order valence-corrected chi connectivity index (χ1v) is 7.75. The van der Waals surface area contributed by atoms with Gasteiger partial charge in [-0.05, 0) is 37.0 Å². The van der Waals surface area contributed by atoms with Crippen molar-refractivity contribution in [3.63, 3.8) is 0 Å². The number of carbonyl (C=O) groups is 1. The van der Waals surface area contributed by atoms with Gasteiger partial charge in [0.25, 0.3) is 5.91 Å². The Labute approximate surface area is 130 Å². The average Bonchev–Trinajstić information content (AvgIpc) is 3.21. The zero-order valence-corrected chi connectivity index (χ0v) is 13.3. The molecule has 0 aliphatic heterocycles. The van der Waals surface area contributed by atoms with Crippen molar-refractivity contribution in [2.75, 3.05) is 6.54 Å². The third-order valence-corrected chi connectivity index (χ3v) is 4.37. The van der Waals surface area contributed by atoms with E-state index in [2.05, 4.69) is 29.2 Å². The fourth-order valence-electron chi connectivity index (χ4n) is 2.67. The number of rotatable bonds is 5. The van der Waals surface area contributed by atoms with Crippen LogP contribution in [0.2, 0.25) is 0 Å². The van der Waals surface area contributed by atoms with Crippen molar-refractivity contribution < 1.29 is 4.79 Å². The monoisotopic (exact) mass is 298 g/mol. The van der Waals surface area contributed by atoms with Crippen LogP contribution in [-0.4, -0.2) is 27.2 Å². The highest BCUT2D eigenvalue weighted by Gasteiger charge is 2.45. The lowest BCUT2D eigenvalue weighted by Crippen LogP contribution is -2.33. The van der Waals surface area contributed by atoms with Gasteiger partial charge in [-0.25, -0.2) is 0 Å². The maximum absolute atomic E-state index is 12.4. The molecular formula is C17H22N4O. The molecule has 0 radical (unpaired) electrons. The van der Waals surface area contributed by atoms with E-state index in [1.54, 1.807) is 4.68 Å². The first-order valence-electron chi connectivity index (χ1n) is 7.75. The Kier molecular flexibility index (Phi) is 3.72. The second-order valence-electron chi connectivity index (χ2n) is 6.41. The summed E-state index contributed by atoms with van der Waals surface area (Å²) >= 11 is 0. The highest BCUT2D eigenvalue weighted by atomic mass is 16.2. The Hall–Kier alpha value is -2.17. The normalized spacial score (nSPS) is 15.8. The number of carbonyl (C=O) groups excluding carboxylic acids is 1. The molecule has 2 aromatic rings. The minimum absolute atomic E-state index is 0.0242. The summed E-state index contributed by atoms with van der Waals surface area (Å²) in [6.07, 6.45) is 3.97. The van der Waals surface area contributed by atoms with Crippen molar-refractivity contribution in [3.8, 4) is 0 Å². The van der Waals surface area contributed by atoms with Crippen LogP contribution in [0.4, 0.5) is 0 Å². The van der Waals surface area contributed by atoms with Crippen molar-refractivity contribution in [2.24, 2.45) is 7.05 Å². The van der Waals surface area contributed by atoms with E-state index in [0.717, 1.165) is 24.2 Å². The van der Waals surface area contributed by atoms with Gasteiger partial charge in [0.1, 0.15) is 5.69 Å².